The van der Waals surface area contributed by atoms with Crippen molar-refractivity contribution in [2.45, 2.75) is 12.4 Å². The molecule has 5 rings (SSSR count). The molecule has 0 unspecified atom stereocenters. The smallest absolute Gasteiger partial charge is 0.416 e. The molecule has 0 spiro atoms. The first-order valence-corrected chi connectivity index (χ1v) is 14.4. The Bertz CT molecular complexity index is 1800. The maximum Gasteiger partial charge on any atom is 0.416 e. The number of hydrogen-bond acceptors (Lipinski definition) is 8. The van der Waals surface area contributed by atoms with Crippen molar-refractivity contribution in [1.82, 2.24) is 0 Å². The molecule has 14 heteroatoms. The molecule has 0 saturated heterocycles. The highest BCUT2D eigenvalue weighted by atomic mass is 19.4. The molecule has 248 valence electrons. The summed E-state index contributed by atoms with van der Waals surface area (Å²) in [5.41, 5.74) is -1.66. The Labute approximate surface area is 269 Å². The Kier molecular flexibility index (Phi) is 9.55. The van der Waals surface area contributed by atoms with Gasteiger partial charge in [-0.2, -0.15) is 26.3 Å². The number of nitrogens with one attached hydrogen (secondary N) is 2. The van der Waals surface area contributed by atoms with Gasteiger partial charge in [0.05, 0.1) is 46.5 Å². The van der Waals surface area contributed by atoms with E-state index in [0.717, 1.165) is 36.4 Å². The summed E-state index contributed by atoms with van der Waals surface area (Å²) in [4.78, 5) is 35.7. The number of halogens is 6. The first-order chi connectivity index (χ1) is 22.8. The number of carbonyl (C=O) groups is 2. The van der Waals surface area contributed by atoms with Gasteiger partial charge in [0.2, 0.25) is 11.6 Å². The van der Waals surface area contributed by atoms with Gasteiger partial charge in [-0.3, -0.25) is 19.6 Å². The number of nitrogens with zero attached hydrogens (tertiary/aromatic N) is 2. The SMILES string of the molecule is O=C1c2c(O)ccc(O)c2C(=O)c2c(NCCN=Cc3cccc(C(F)(F)F)c3)ccc(NCCN=Cc3cccc(C(F)(F)F)c3)c21. The van der Waals surface area contributed by atoms with Gasteiger partial charge in [-0.05, 0) is 59.7 Å². The molecule has 0 aromatic heterocycles. The van der Waals surface area contributed by atoms with E-state index >= 15 is 0 Å². The van der Waals surface area contributed by atoms with Crippen molar-refractivity contribution in [1.29, 1.82) is 0 Å². The van der Waals surface area contributed by atoms with Crippen molar-refractivity contribution in [3.8, 4) is 11.5 Å². The molecule has 8 nitrogen and oxygen atoms in total. The lowest BCUT2D eigenvalue weighted by atomic mass is 9.81. The van der Waals surface area contributed by atoms with E-state index in [2.05, 4.69) is 20.6 Å². The first-order valence-electron chi connectivity index (χ1n) is 14.4. The van der Waals surface area contributed by atoms with Gasteiger partial charge in [0.25, 0.3) is 0 Å². The molecule has 0 heterocycles. The van der Waals surface area contributed by atoms with Crippen molar-refractivity contribution in [2.24, 2.45) is 9.98 Å². The highest BCUT2D eigenvalue weighted by Gasteiger charge is 2.38. The Hall–Kier alpha value is -5.66. The summed E-state index contributed by atoms with van der Waals surface area (Å²) in [5.74, 6) is -2.50. The van der Waals surface area contributed by atoms with E-state index in [4.69, 9.17) is 0 Å². The van der Waals surface area contributed by atoms with Crippen LogP contribution in [0.25, 0.3) is 0 Å². The van der Waals surface area contributed by atoms with Crippen molar-refractivity contribution in [3.63, 3.8) is 0 Å². The molecular formula is C34H26F6N4O4. The lowest BCUT2D eigenvalue weighted by Gasteiger charge is -2.24. The van der Waals surface area contributed by atoms with E-state index in [0.29, 0.717) is 0 Å². The summed E-state index contributed by atoms with van der Waals surface area (Å²) in [6.45, 7) is 0.387. The van der Waals surface area contributed by atoms with E-state index in [9.17, 15) is 46.1 Å². The third-order valence-corrected chi connectivity index (χ3v) is 7.30. The van der Waals surface area contributed by atoms with Gasteiger partial charge in [-0.1, -0.05) is 24.3 Å². The minimum absolute atomic E-state index is 0.0830. The average molecular weight is 669 g/mol. The van der Waals surface area contributed by atoms with E-state index in [1.807, 2.05) is 0 Å². The zero-order valence-electron chi connectivity index (χ0n) is 24.8. The number of phenolic OH excluding ortho intramolecular Hbond substituents is 2. The first kappa shape index (κ1) is 33.7. The molecular weight excluding hydrogens is 642 g/mol. The molecule has 1 aliphatic carbocycles. The van der Waals surface area contributed by atoms with Gasteiger partial charge in [-0.25, -0.2) is 0 Å². The summed E-state index contributed by atoms with van der Waals surface area (Å²) in [6.07, 6.45) is -6.45. The number of phenols is 2. The van der Waals surface area contributed by atoms with Crippen LogP contribution < -0.4 is 10.6 Å². The number of fused-ring (bicyclic) bond motifs is 2. The van der Waals surface area contributed by atoms with Crippen molar-refractivity contribution in [3.05, 3.63) is 117 Å². The van der Waals surface area contributed by atoms with Crippen LogP contribution in [0.2, 0.25) is 0 Å². The molecule has 0 amide bonds. The second kappa shape index (κ2) is 13.6. The van der Waals surface area contributed by atoms with Gasteiger partial charge in [0, 0.05) is 36.9 Å². The molecule has 0 atom stereocenters. The van der Waals surface area contributed by atoms with Crippen LogP contribution in [0.15, 0.2) is 82.8 Å². The fourth-order valence-corrected chi connectivity index (χ4v) is 5.10. The number of hydrogen-bond donors (Lipinski definition) is 4. The second-order valence-corrected chi connectivity index (χ2v) is 10.6. The number of rotatable bonds is 10. The number of ketones is 2. The predicted octanol–water partition coefficient (Wildman–Crippen LogP) is 6.97. The Balaban J connectivity index is 1.34. The van der Waals surface area contributed by atoms with Crippen molar-refractivity contribution < 1.29 is 46.1 Å². The zero-order valence-corrected chi connectivity index (χ0v) is 24.8. The van der Waals surface area contributed by atoms with Crippen LogP contribution in [-0.2, 0) is 12.4 Å². The fraction of sp³-hybridized carbons (Fsp3) is 0.176. The highest BCUT2D eigenvalue weighted by molar-refractivity contribution is 6.33. The molecule has 48 heavy (non-hydrogen) atoms. The van der Waals surface area contributed by atoms with E-state index in [1.54, 1.807) is 0 Å². The number of alkyl halides is 6. The molecule has 4 aromatic carbocycles. The standard InChI is InChI=1S/C34H26F6N4O4/c35-33(36,37)21-5-1-3-19(15-21)17-41-11-13-43-23-7-8-24(44-14-12-42-18-20-4-2-6-22(16-20)34(38,39)40)28-27(23)31(47)29-25(45)9-10-26(46)30(29)32(28)48/h1-10,15-18,43-46H,11-14H2. The largest absolute Gasteiger partial charge is 0.507 e. The molecule has 0 radical (unpaired) electrons. The van der Waals surface area contributed by atoms with Crippen LogP contribution >= 0.6 is 0 Å². The van der Waals surface area contributed by atoms with Crippen molar-refractivity contribution in [2.75, 3.05) is 36.8 Å². The number of anilines is 2. The number of benzene rings is 4. The molecule has 0 bridgehead atoms. The third-order valence-electron chi connectivity index (χ3n) is 7.30. The maximum absolute atomic E-state index is 13.7. The van der Waals surface area contributed by atoms with E-state index < -0.39 is 46.5 Å². The Morgan fingerprint density at radius 3 is 1.35 bits per heavy atom. The van der Waals surface area contributed by atoms with E-state index in [-0.39, 0.29) is 70.9 Å². The molecule has 4 N–H and O–H groups in total. The summed E-state index contributed by atoms with van der Waals surface area (Å²) in [7, 11) is 0. The summed E-state index contributed by atoms with van der Waals surface area (Å²) in [6, 6.07) is 14.5. The number of carbonyl (C=O) groups excluding carboxylic acids is 2. The fourth-order valence-electron chi connectivity index (χ4n) is 5.10. The van der Waals surface area contributed by atoms with Crippen LogP contribution in [-0.4, -0.2) is 60.4 Å². The normalized spacial score (nSPS) is 13.2. The van der Waals surface area contributed by atoms with Crippen molar-refractivity contribution >= 4 is 35.4 Å². The maximum atomic E-state index is 13.7. The minimum atomic E-state index is -4.50. The van der Waals surface area contributed by atoms with Crippen LogP contribution in [0.1, 0.15) is 54.1 Å². The second-order valence-electron chi connectivity index (χ2n) is 10.6. The van der Waals surface area contributed by atoms with Crippen LogP contribution in [0, 0.1) is 0 Å². The van der Waals surface area contributed by atoms with Crippen LogP contribution in [0.5, 0.6) is 11.5 Å². The quantitative estimate of drug-likeness (QED) is 0.0552. The molecule has 0 aliphatic heterocycles. The number of aromatic hydroxyl groups is 2. The van der Waals surface area contributed by atoms with Gasteiger partial charge in [0.1, 0.15) is 11.5 Å². The van der Waals surface area contributed by atoms with Crippen LogP contribution in [0.4, 0.5) is 37.7 Å². The monoisotopic (exact) mass is 668 g/mol. The highest BCUT2D eigenvalue weighted by Crippen LogP contribution is 2.42. The lowest BCUT2D eigenvalue weighted by molar-refractivity contribution is -0.138. The van der Waals surface area contributed by atoms with E-state index in [1.165, 1.54) is 48.8 Å². The summed E-state index contributed by atoms with van der Waals surface area (Å²) < 4.78 is 78.0. The topological polar surface area (TPSA) is 123 Å². The Morgan fingerprint density at radius 2 is 0.979 bits per heavy atom. The zero-order chi connectivity index (χ0) is 34.6. The summed E-state index contributed by atoms with van der Waals surface area (Å²) >= 11 is 0. The lowest BCUT2D eigenvalue weighted by Crippen LogP contribution is -2.25. The molecule has 1 aliphatic rings. The Morgan fingerprint density at radius 1 is 0.583 bits per heavy atom. The minimum Gasteiger partial charge on any atom is -0.507 e. The van der Waals surface area contributed by atoms with Crippen LogP contribution in [0.3, 0.4) is 0 Å². The molecule has 0 saturated carbocycles. The molecule has 0 fully saturated rings. The third kappa shape index (κ3) is 7.32. The predicted molar refractivity (Wildman–Crippen MR) is 168 cm³/mol. The van der Waals surface area contributed by atoms with Gasteiger partial charge in [0.15, 0.2) is 0 Å². The van der Waals surface area contributed by atoms with Gasteiger partial charge in [-0.15, -0.1) is 0 Å². The van der Waals surface area contributed by atoms with Gasteiger partial charge < -0.3 is 20.8 Å². The molecule has 4 aromatic rings. The van der Waals surface area contributed by atoms with Gasteiger partial charge >= 0.3 is 12.4 Å². The average Bonchev–Trinajstić information content (AvgIpc) is 3.04. The number of aliphatic imine (C=N–C) groups is 2. The summed E-state index contributed by atoms with van der Waals surface area (Å²) in [5, 5.41) is 26.9.